The van der Waals surface area contributed by atoms with Crippen molar-refractivity contribution in [3.8, 4) is 0 Å². The maximum Gasteiger partial charge on any atom is 0.410 e. The number of carbonyl (C=O) groups is 1. The second kappa shape index (κ2) is 5.94. The van der Waals surface area contributed by atoms with E-state index >= 15 is 0 Å². The highest BCUT2D eigenvalue weighted by Crippen LogP contribution is 2.45. The molecule has 0 saturated carbocycles. The van der Waals surface area contributed by atoms with Crippen molar-refractivity contribution in [1.29, 1.82) is 0 Å². The van der Waals surface area contributed by atoms with E-state index in [-0.39, 0.29) is 11.9 Å². The fourth-order valence-electron chi connectivity index (χ4n) is 3.19. The van der Waals surface area contributed by atoms with Crippen molar-refractivity contribution in [2.24, 2.45) is 5.41 Å². The van der Waals surface area contributed by atoms with Crippen LogP contribution < -0.4 is 5.43 Å². The molecule has 0 bridgehead atoms. The van der Waals surface area contributed by atoms with Gasteiger partial charge in [-0.25, -0.2) is 5.01 Å². The van der Waals surface area contributed by atoms with Crippen LogP contribution in [-0.2, 0) is 4.79 Å². The molecule has 9 heteroatoms. The highest BCUT2D eigenvalue weighted by Gasteiger charge is 2.53. The number of fused-ring (bicyclic) bond motifs is 1. The molecule has 1 unspecified atom stereocenters. The summed E-state index contributed by atoms with van der Waals surface area (Å²) in [5.74, 6) is -0.560. The number of hydrogen-bond donors (Lipinski definition) is 1. The van der Waals surface area contributed by atoms with Gasteiger partial charge in [-0.3, -0.25) is 20.3 Å². The number of alkyl halides is 3. The van der Waals surface area contributed by atoms with E-state index in [4.69, 9.17) is 0 Å². The smallest absolute Gasteiger partial charge is 0.287 e. The summed E-state index contributed by atoms with van der Waals surface area (Å²) in [6.45, 7) is 2.81. The molecule has 1 heterocycles. The average Bonchev–Trinajstić information content (AvgIpc) is 2.78. The monoisotopic (exact) mass is 367 g/mol. The summed E-state index contributed by atoms with van der Waals surface area (Å²) in [5, 5.41) is 12.9. The molecule has 26 heavy (non-hydrogen) atoms. The molecule has 3 rings (SSSR count). The Kier molecular flexibility index (Phi) is 4.14. The standard InChI is InChI=1S/C17H16F3N3O3/c1-16(2)9-22(21-15(16)24)14(17(18,19)20)12-8-7-10-5-3-4-6-11(10)13(12)23(25)26/h3-8,14H,9H2,1-2H3,(H,21,24). The van der Waals surface area contributed by atoms with Crippen LogP contribution in [0, 0.1) is 15.5 Å². The predicted molar refractivity (Wildman–Crippen MR) is 88.0 cm³/mol. The van der Waals surface area contributed by atoms with Gasteiger partial charge in [0.1, 0.15) is 0 Å². The van der Waals surface area contributed by atoms with Gasteiger partial charge in [-0.15, -0.1) is 0 Å². The van der Waals surface area contributed by atoms with Gasteiger partial charge in [0.15, 0.2) is 6.04 Å². The number of halogens is 3. The van der Waals surface area contributed by atoms with E-state index in [0.29, 0.717) is 5.39 Å². The summed E-state index contributed by atoms with van der Waals surface area (Å²) in [6.07, 6.45) is -4.82. The Labute approximate surface area is 146 Å². The van der Waals surface area contributed by atoms with Gasteiger partial charge in [0.2, 0.25) is 5.91 Å². The largest absolute Gasteiger partial charge is 0.410 e. The molecule has 0 aliphatic carbocycles. The molecule has 1 aliphatic heterocycles. The summed E-state index contributed by atoms with van der Waals surface area (Å²) in [6, 6.07) is 6.39. The zero-order chi connectivity index (χ0) is 19.3. The molecule has 1 fully saturated rings. The molecule has 1 N–H and O–H groups in total. The van der Waals surface area contributed by atoms with Gasteiger partial charge in [-0.05, 0) is 31.4 Å². The molecule has 138 valence electrons. The lowest BCUT2D eigenvalue weighted by molar-refractivity contribution is -0.384. The van der Waals surface area contributed by atoms with E-state index in [1.165, 1.54) is 32.0 Å². The molecular formula is C17H16F3N3O3. The zero-order valence-corrected chi connectivity index (χ0v) is 14.0. The van der Waals surface area contributed by atoms with Crippen LogP contribution in [0.2, 0.25) is 0 Å². The lowest BCUT2D eigenvalue weighted by Gasteiger charge is -2.29. The number of amides is 1. The summed E-state index contributed by atoms with van der Waals surface area (Å²) in [4.78, 5) is 22.7. The fraction of sp³-hybridized carbons (Fsp3) is 0.353. The minimum Gasteiger partial charge on any atom is -0.287 e. The maximum atomic E-state index is 13.9. The number of nitrogens with one attached hydrogen (secondary N) is 1. The van der Waals surface area contributed by atoms with Crippen molar-refractivity contribution in [2.75, 3.05) is 6.54 Å². The van der Waals surface area contributed by atoms with E-state index in [9.17, 15) is 28.1 Å². The first-order valence-electron chi connectivity index (χ1n) is 7.83. The Morgan fingerprint density at radius 1 is 1.23 bits per heavy atom. The van der Waals surface area contributed by atoms with E-state index in [1.807, 2.05) is 0 Å². The number of hydrazine groups is 1. The van der Waals surface area contributed by atoms with Crippen molar-refractivity contribution < 1.29 is 22.9 Å². The van der Waals surface area contributed by atoms with Crippen LogP contribution >= 0.6 is 0 Å². The second-order valence-electron chi connectivity index (χ2n) is 6.88. The fourth-order valence-corrected chi connectivity index (χ4v) is 3.19. The van der Waals surface area contributed by atoms with Gasteiger partial charge in [-0.1, -0.05) is 24.3 Å². The first kappa shape index (κ1) is 18.1. The van der Waals surface area contributed by atoms with Crippen LogP contribution in [0.5, 0.6) is 0 Å². The van der Waals surface area contributed by atoms with E-state index < -0.39 is 39.7 Å². The predicted octanol–water partition coefficient (Wildman–Crippen LogP) is 3.72. The lowest BCUT2D eigenvalue weighted by atomic mass is 9.93. The van der Waals surface area contributed by atoms with Crippen LogP contribution in [0.4, 0.5) is 18.9 Å². The highest BCUT2D eigenvalue weighted by atomic mass is 19.4. The summed E-state index contributed by atoms with van der Waals surface area (Å²) in [7, 11) is 0. The van der Waals surface area contributed by atoms with E-state index in [0.717, 1.165) is 11.1 Å². The van der Waals surface area contributed by atoms with Gasteiger partial charge in [-0.2, -0.15) is 13.2 Å². The summed E-state index contributed by atoms with van der Waals surface area (Å²) < 4.78 is 41.6. The van der Waals surface area contributed by atoms with Gasteiger partial charge in [0.25, 0.3) is 5.69 Å². The lowest BCUT2D eigenvalue weighted by Crippen LogP contribution is -2.43. The van der Waals surface area contributed by atoms with Gasteiger partial charge >= 0.3 is 6.18 Å². The third-order valence-corrected chi connectivity index (χ3v) is 4.46. The number of rotatable bonds is 3. The van der Waals surface area contributed by atoms with Crippen molar-refractivity contribution in [2.45, 2.75) is 26.1 Å². The highest BCUT2D eigenvalue weighted by molar-refractivity contribution is 5.92. The van der Waals surface area contributed by atoms with Crippen molar-refractivity contribution in [3.63, 3.8) is 0 Å². The molecule has 1 atom stereocenters. The SMILES string of the molecule is CC1(C)CN(C(c2ccc3ccccc3c2[N+](=O)[O-])C(F)(F)F)NC1=O. The second-order valence-corrected chi connectivity index (χ2v) is 6.88. The van der Waals surface area contributed by atoms with Crippen molar-refractivity contribution in [3.05, 3.63) is 52.1 Å². The first-order valence-corrected chi connectivity index (χ1v) is 7.83. The van der Waals surface area contributed by atoms with Gasteiger partial charge < -0.3 is 0 Å². The molecule has 0 spiro atoms. The maximum absolute atomic E-state index is 13.9. The molecule has 0 radical (unpaired) electrons. The number of hydrogen-bond acceptors (Lipinski definition) is 4. The number of benzene rings is 2. The third-order valence-electron chi connectivity index (χ3n) is 4.46. The first-order chi connectivity index (χ1) is 12.0. The molecule has 2 aromatic carbocycles. The molecule has 1 saturated heterocycles. The molecule has 2 aromatic rings. The zero-order valence-electron chi connectivity index (χ0n) is 14.0. The summed E-state index contributed by atoms with van der Waals surface area (Å²) in [5.41, 5.74) is 0.0749. The molecular weight excluding hydrogens is 351 g/mol. The minimum atomic E-state index is -4.82. The molecule has 1 amide bonds. The number of nitrogens with zero attached hydrogens (tertiary/aromatic N) is 2. The van der Waals surface area contributed by atoms with Gasteiger partial charge in [0, 0.05) is 6.54 Å². The van der Waals surface area contributed by atoms with Crippen LogP contribution in [0.25, 0.3) is 10.8 Å². The van der Waals surface area contributed by atoms with Gasteiger partial charge in [0.05, 0.1) is 21.3 Å². The number of nitro benzene ring substituents is 1. The van der Waals surface area contributed by atoms with Crippen LogP contribution in [-0.4, -0.2) is 28.6 Å². The summed E-state index contributed by atoms with van der Waals surface area (Å²) >= 11 is 0. The van der Waals surface area contributed by atoms with E-state index in [2.05, 4.69) is 5.43 Å². The molecule has 6 nitrogen and oxygen atoms in total. The van der Waals surface area contributed by atoms with Crippen molar-refractivity contribution in [1.82, 2.24) is 10.4 Å². The van der Waals surface area contributed by atoms with Crippen LogP contribution in [0.3, 0.4) is 0 Å². The Balaban J connectivity index is 2.21. The average molecular weight is 367 g/mol. The Bertz CT molecular complexity index is 896. The Hall–Kier alpha value is -2.68. The minimum absolute atomic E-state index is 0.119. The molecule has 0 aromatic heterocycles. The van der Waals surface area contributed by atoms with Crippen LogP contribution in [0.15, 0.2) is 36.4 Å². The van der Waals surface area contributed by atoms with E-state index in [1.54, 1.807) is 12.1 Å². The quantitative estimate of drug-likeness (QED) is 0.663. The number of nitro groups is 1. The van der Waals surface area contributed by atoms with Crippen molar-refractivity contribution >= 4 is 22.4 Å². The topological polar surface area (TPSA) is 75.5 Å². The number of carbonyl (C=O) groups excluding carboxylic acids is 1. The normalized spacial score (nSPS) is 18.7. The Morgan fingerprint density at radius 2 is 1.88 bits per heavy atom. The van der Waals surface area contributed by atoms with Crippen LogP contribution in [0.1, 0.15) is 25.5 Å². The third kappa shape index (κ3) is 2.98. The Morgan fingerprint density at radius 3 is 2.42 bits per heavy atom. The molecule has 1 aliphatic rings.